The zero-order valence-electron chi connectivity index (χ0n) is 10.1. The molecule has 0 aliphatic rings. The smallest absolute Gasteiger partial charge is 0.102 e. The van der Waals surface area contributed by atoms with Gasteiger partial charge in [-0.1, -0.05) is 22.9 Å². The third kappa shape index (κ3) is 2.18. The summed E-state index contributed by atoms with van der Waals surface area (Å²) in [4.78, 5) is 0. The van der Waals surface area contributed by atoms with Gasteiger partial charge in [0.05, 0.1) is 16.4 Å². The average Bonchev–Trinajstić information content (AvgIpc) is 2.60. The van der Waals surface area contributed by atoms with Crippen LogP contribution < -0.4 is 5.73 Å². The topological polar surface area (TPSA) is 56.7 Å². The number of aryl methyl sites for hydroxylation is 1. The molecule has 2 N–H and O–H groups in total. The van der Waals surface area contributed by atoms with Crippen LogP contribution in [0.2, 0.25) is 5.02 Å². The van der Waals surface area contributed by atoms with Gasteiger partial charge in [0.2, 0.25) is 0 Å². The summed E-state index contributed by atoms with van der Waals surface area (Å²) in [5.41, 5.74) is 9.48. The molecule has 0 aliphatic carbocycles. The summed E-state index contributed by atoms with van der Waals surface area (Å²) in [6.45, 7) is 5.82. The molecule has 0 saturated carbocycles. The Hall–Kier alpha value is -1.39. The van der Waals surface area contributed by atoms with Crippen molar-refractivity contribution >= 4 is 11.6 Å². The van der Waals surface area contributed by atoms with Gasteiger partial charge in [-0.05, 0) is 38.5 Å². The molecule has 0 spiro atoms. The number of halogens is 1. The van der Waals surface area contributed by atoms with Gasteiger partial charge in [-0.3, -0.25) is 0 Å². The van der Waals surface area contributed by atoms with Gasteiger partial charge in [0.25, 0.3) is 0 Å². The van der Waals surface area contributed by atoms with E-state index in [4.69, 9.17) is 17.3 Å². The fourth-order valence-electron chi connectivity index (χ4n) is 1.77. The molecule has 17 heavy (non-hydrogen) atoms. The quantitative estimate of drug-likeness (QED) is 0.891. The Balaban J connectivity index is 2.54. The number of benzene rings is 1. The molecule has 0 bridgehead atoms. The van der Waals surface area contributed by atoms with Gasteiger partial charge in [-0.25, -0.2) is 4.68 Å². The Kier molecular flexibility index (Phi) is 3.17. The van der Waals surface area contributed by atoms with E-state index in [1.165, 1.54) is 0 Å². The fourth-order valence-corrected chi connectivity index (χ4v) is 2.09. The van der Waals surface area contributed by atoms with Crippen LogP contribution in [0.15, 0.2) is 18.2 Å². The van der Waals surface area contributed by atoms with E-state index in [2.05, 4.69) is 10.3 Å². The summed E-state index contributed by atoms with van der Waals surface area (Å²) >= 11 is 6.20. The molecule has 1 atom stereocenters. The molecule has 4 nitrogen and oxygen atoms in total. The van der Waals surface area contributed by atoms with E-state index in [9.17, 15) is 0 Å². The van der Waals surface area contributed by atoms with Crippen molar-refractivity contribution in [1.82, 2.24) is 15.0 Å². The number of nitrogens with zero attached hydrogens (tertiary/aromatic N) is 3. The fraction of sp³-hybridized carbons (Fsp3) is 0.333. The highest BCUT2D eigenvalue weighted by Crippen LogP contribution is 2.23. The van der Waals surface area contributed by atoms with Crippen LogP contribution in [0.4, 0.5) is 0 Å². The first-order valence-electron chi connectivity index (χ1n) is 5.45. The van der Waals surface area contributed by atoms with Crippen LogP contribution >= 0.6 is 11.6 Å². The van der Waals surface area contributed by atoms with Gasteiger partial charge < -0.3 is 5.73 Å². The predicted octanol–water partition coefficient (Wildman–Crippen LogP) is 2.56. The van der Waals surface area contributed by atoms with E-state index in [-0.39, 0.29) is 6.04 Å². The van der Waals surface area contributed by atoms with Crippen LogP contribution in [-0.4, -0.2) is 15.0 Å². The summed E-state index contributed by atoms with van der Waals surface area (Å²) in [6, 6.07) is 5.70. The van der Waals surface area contributed by atoms with E-state index >= 15 is 0 Å². The van der Waals surface area contributed by atoms with Crippen LogP contribution in [0.25, 0.3) is 5.69 Å². The summed E-state index contributed by atoms with van der Waals surface area (Å²) in [6.07, 6.45) is 0. The molecule has 0 aliphatic heterocycles. The maximum absolute atomic E-state index is 6.20. The molecule has 0 amide bonds. The second kappa shape index (κ2) is 4.47. The van der Waals surface area contributed by atoms with Crippen molar-refractivity contribution in [2.24, 2.45) is 5.73 Å². The molecule has 0 saturated heterocycles. The predicted molar refractivity (Wildman–Crippen MR) is 68.4 cm³/mol. The molecule has 2 rings (SSSR count). The number of aromatic nitrogens is 3. The molecule has 90 valence electrons. The lowest BCUT2D eigenvalue weighted by Gasteiger charge is -2.07. The molecule has 1 aromatic carbocycles. The van der Waals surface area contributed by atoms with E-state index in [1.807, 2.05) is 39.0 Å². The zero-order chi connectivity index (χ0) is 12.6. The van der Waals surface area contributed by atoms with Crippen molar-refractivity contribution < 1.29 is 0 Å². The van der Waals surface area contributed by atoms with Crippen molar-refractivity contribution in [3.8, 4) is 5.69 Å². The van der Waals surface area contributed by atoms with Gasteiger partial charge in [0, 0.05) is 6.04 Å². The summed E-state index contributed by atoms with van der Waals surface area (Å²) in [5.74, 6) is 0. The Morgan fingerprint density at radius 3 is 2.59 bits per heavy atom. The Bertz CT molecular complexity index is 545. The van der Waals surface area contributed by atoms with Crippen molar-refractivity contribution in [1.29, 1.82) is 0 Å². The minimum Gasteiger partial charge on any atom is -0.323 e. The SMILES string of the molecule is Cc1ccc(-n2nnc(C(C)N)c2C)c(Cl)c1. The first-order valence-corrected chi connectivity index (χ1v) is 5.83. The first kappa shape index (κ1) is 12.1. The number of rotatable bonds is 2. The molecule has 1 unspecified atom stereocenters. The average molecular weight is 251 g/mol. The number of nitrogens with two attached hydrogens (primary N) is 1. The highest BCUT2D eigenvalue weighted by Gasteiger charge is 2.14. The van der Waals surface area contributed by atoms with E-state index in [0.717, 1.165) is 22.6 Å². The molecule has 0 radical (unpaired) electrons. The molecular weight excluding hydrogens is 236 g/mol. The minimum absolute atomic E-state index is 0.132. The maximum Gasteiger partial charge on any atom is 0.102 e. The summed E-state index contributed by atoms with van der Waals surface area (Å²) in [5, 5.41) is 8.85. The standard InChI is InChI=1S/C12H15ClN4/c1-7-4-5-11(10(13)6-7)17-9(3)12(8(2)14)15-16-17/h4-6,8H,14H2,1-3H3. The van der Waals surface area contributed by atoms with Crippen molar-refractivity contribution in [2.45, 2.75) is 26.8 Å². The monoisotopic (exact) mass is 250 g/mol. The number of hydrogen-bond donors (Lipinski definition) is 1. The summed E-state index contributed by atoms with van der Waals surface area (Å²) < 4.78 is 1.72. The first-order chi connectivity index (χ1) is 8.00. The van der Waals surface area contributed by atoms with E-state index in [1.54, 1.807) is 4.68 Å². The van der Waals surface area contributed by atoms with Crippen molar-refractivity contribution in [3.05, 3.63) is 40.2 Å². The van der Waals surface area contributed by atoms with Crippen LogP contribution in [0.5, 0.6) is 0 Å². The van der Waals surface area contributed by atoms with Gasteiger partial charge in [0.15, 0.2) is 0 Å². The zero-order valence-corrected chi connectivity index (χ0v) is 10.9. The molecule has 0 fully saturated rings. The lowest BCUT2D eigenvalue weighted by atomic mass is 10.2. The normalized spacial score (nSPS) is 12.8. The highest BCUT2D eigenvalue weighted by atomic mass is 35.5. The second-order valence-electron chi connectivity index (χ2n) is 4.22. The molecule has 5 heteroatoms. The maximum atomic E-state index is 6.20. The Labute approximate surface area is 105 Å². The van der Waals surface area contributed by atoms with Crippen LogP contribution in [0, 0.1) is 13.8 Å². The van der Waals surface area contributed by atoms with Crippen molar-refractivity contribution in [3.63, 3.8) is 0 Å². The molecule has 1 aromatic heterocycles. The Morgan fingerprint density at radius 1 is 1.35 bits per heavy atom. The lowest BCUT2D eigenvalue weighted by Crippen LogP contribution is -2.08. The van der Waals surface area contributed by atoms with E-state index < -0.39 is 0 Å². The third-order valence-electron chi connectivity index (χ3n) is 2.69. The van der Waals surface area contributed by atoms with Crippen LogP contribution in [0.1, 0.15) is 29.9 Å². The summed E-state index contributed by atoms with van der Waals surface area (Å²) in [7, 11) is 0. The highest BCUT2D eigenvalue weighted by molar-refractivity contribution is 6.32. The lowest BCUT2D eigenvalue weighted by molar-refractivity contribution is 0.756. The van der Waals surface area contributed by atoms with Gasteiger partial charge >= 0.3 is 0 Å². The number of hydrogen-bond acceptors (Lipinski definition) is 3. The Morgan fingerprint density at radius 2 is 2.06 bits per heavy atom. The van der Waals surface area contributed by atoms with Crippen molar-refractivity contribution in [2.75, 3.05) is 0 Å². The molecule has 1 heterocycles. The van der Waals surface area contributed by atoms with Crippen LogP contribution in [0.3, 0.4) is 0 Å². The second-order valence-corrected chi connectivity index (χ2v) is 4.62. The van der Waals surface area contributed by atoms with Gasteiger partial charge in [-0.2, -0.15) is 0 Å². The van der Waals surface area contributed by atoms with Gasteiger partial charge in [0.1, 0.15) is 5.69 Å². The largest absolute Gasteiger partial charge is 0.323 e. The van der Waals surface area contributed by atoms with Crippen LogP contribution in [-0.2, 0) is 0 Å². The van der Waals surface area contributed by atoms with Gasteiger partial charge in [-0.15, -0.1) is 5.10 Å². The third-order valence-corrected chi connectivity index (χ3v) is 3.00. The van der Waals surface area contributed by atoms with E-state index in [0.29, 0.717) is 5.02 Å². The minimum atomic E-state index is -0.132. The molecular formula is C12H15ClN4. The molecule has 2 aromatic rings.